The number of hydrogen-bond donors (Lipinski definition) is 0. The first kappa shape index (κ1) is 13.5. The Morgan fingerprint density at radius 3 is 2.56 bits per heavy atom. The zero-order valence-corrected chi connectivity index (χ0v) is 11.4. The maximum Gasteiger partial charge on any atom is 0.138 e. The molecule has 16 heavy (non-hydrogen) atoms. The molecule has 5 heteroatoms. The van der Waals surface area contributed by atoms with Gasteiger partial charge in [-0.2, -0.15) is 0 Å². The van der Waals surface area contributed by atoms with Crippen molar-refractivity contribution in [3.8, 4) is 0 Å². The molecule has 0 saturated heterocycles. The van der Waals surface area contributed by atoms with E-state index in [4.69, 9.17) is 23.2 Å². The standard InChI is InChI=1S/C11H17Cl2N3/c1-4-16(6-8(2)3)11-9(5-12)10(13)14-7-15-11/h7-8H,4-6H2,1-3H3. The quantitative estimate of drug-likeness (QED) is 0.602. The van der Waals surface area contributed by atoms with Crippen LogP contribution in [0.1, 0.15) is 26.3 Å². The molecule has 0 aliphatic heterocycles. The molecule has 1 rings (SSSR count). The van der Waals surface area contributed by atoms with E-state index in [9.17, 15) is 0 Å². The molecule has 1 aromatic rings. The van der Waals surface area contributed by atoms with Crippen LogP contribution >= 0.6 is 23.2 Å². The van der Waals surface area contributed by atoms with Crippen LogP contribution < -0.4 is 4.90 Å². The third kappa shape index (κ3) is 3.22. The lowest BCUT2D eigenvalue weighted by molar-refractivity contribution is 0.612. The molecule has 0 spiro atoms. The van der Waals surface area contributed by atoms with E-state index >= 15 is 0 Å². The summed E-state index contributed by atoms with van der Waals surface area (Å²) >= 11 is 11.9. The van der Waals surface area contributed by atoms with Crippen molar-refractivity contribution in [3.63, 3.8) is 0 Å². The molecule has 0 unspecified atom stereocenters. The Morgan fingerprint density at radius 1 is 1.38 bits per heavy atom. The second kappa shape index (κ2) is 6.26. The molecule has 0 atom stereocenters. The average Bonchev–Trinajstić information content (AvgIpc) is 2.25. The fourth-order valence-corrected chi connectivity index (χ4v) is 2.09. The molecule has 0 amide bonds. The predicted molar refractivity (Wildman–Crippen MR) is 69.3 cm³/mol. The van der Waals surface area contributed by atoms with Crippen molar-refractivity contribution >= 4 is 29.0 Å². The fraction of sp³-hybridized carbons (Fsp3) is 0.636. The highest BCUT2D eigenvalue weighted by molar-refractivity contribution is 6.31. The lowest BCUT2D eigenvalue weighted by Gasteiger charge is -2.25. The molecule has 0 aromatic carbocycles. The molecular formula is C11H17Cl2N3. The second-order valence-corrected chi connectivity index (χ2v) is 4.66. The number of halogens is 2. The van der Waals surface area contributed by atoms with Gasteiger partial charge in [-0.15, -0.1) is 11.6 Å². The first-order chi connectivity index (χ1) is 7.60. The van der Waals surface area contributed by atoms with Crippen LogP contribution in [0.4, 0.5) is 5.82 Å². The van der Waals surface area contributed by atoms with Gasteiger partial charge in [0.15, 0.2) is 0 Å². The van der Waals surface area contributed by atoms with Crippen LogP contribution in [-0.4, -0.2) is 23.1 Å². The third-order valence-corrected chi connectivity index (χ3v) is 2.86. The normalized spacial score (nSPS) is 10.9. The molecule has 0 fully saturated rings. The molecule has 0 aliphatic rings. The Labute approximate surface area is 107 Å². The number of rotatable bonds is 5. The second-order valence-electron chi connectivity index (χ2n) is 4.03. The SMILES string of the molecule is CCN(CC(C)C)c1ncnc(Cl)c1CCl. The third-order valence-electron chi connectivity index (χ3n) is 2.27. The first-order valence-electron chi connectivity index (χ1n) is 5.40. The topological polar surface area (TPSA) is 29.0 Å². The van der Waals surface area contributed by atoms with Gasteiger partial charge >= 0.3 is 0 Å². The van der Waals surface area contributed by atoms with E-state index in [1.165, 1.54) is 6.33 Å². The van der Waals surface area contributed by atoms with Crippen molar-refractivity contribution in [1.29, 1.82) is 0 Å². The van der Waals surface area contributed by atoms with E-state index in [1.807, 2.05) is 0 Å². The summed E-state index contributed by atoms with van der Waals surface area (Å²) in [5.74, 6) is 1.76. The molecule has 0 saturated carbocycles. The molecule has 0 aliphatic carbocycles. The molecule has 3 nitrogen and oxygen atoms in total. The Morgan fingerprint density at radius 2 is 2.06 bits per heavy atom. The lowest BCUT2D eigenvalue weighted by Crippen LogP contribution is -2.29. The van der Waals surface area contributed by atoms with Gasteiger partial charge in [-0.05, 0) is 12.8 Å². The van der Waals surface area contributed by atoms with E-state index in [2.05, 4.69) is 35.6 Å². The molecule has 0 radical (unpaired) electrons. The number of aromatic nitrogens is 2. The van der Waals surface area contributed by atoms with Crippen molar-refractivity contribution in [2.75, 3.05) is 18.0 Å². The minimum atomic E-state index is 0.337. The molecule has 0 bridgehead atoms. The van der Waals surface area contributed by atoms with Crippen LogP contribution in [0.2, 0.25) is 5.15 Å². The summed E-state index contributed by atoms with van der Waals surface area (Å²) in [6.07, 6.45) is 1.48. The van der Waals surface area contributed by atoms with Crippen molar-refractivity contribution in [2.45, 2.75) is 26.7 Å². The molecule has 90 valence electrons. The van der Waals surface area contributed by atoms with Crippen LogP contribution in [0.3, 0.4) is 0 Å². The summed E-state index contributed by atoms with van der Waals surface area (Å²) in [6, 6.07) is 0. The average molecular weight is 262 g/mol. The summed E-state index contributed by atoms with van der Waals surface area (Å²) in [7, 11) is 0. The Hall–Kier alpha value is -0.540. The van der Waals surface area contributed by atoms with Crippen LogP contribution in [0.15, 0.2) is 6.33 Å². The summed E-state index contributed by atoms with van der Waals surface area (Å²) in [4.78, 5) is 10.4. The Bertz CT molecular complexity index is 342. The Balaban J connectivity index is 3.04. The first-order valence-corrected chi connectivity index (χ1v) is 6.31. The molecule has 0 N–H and O–H groups in total. The zero-order valence-electron chi connectivity index (χ0n) is 9.87. The summed E-state index contributed by atoms with van der Waals surface area (Å²) in [5.41, 5.74) is 0.813. The monoisotopic (exact) mass is 261 g/mol. The van der Waals surface area contributed by atoms with Crippen LogP contribution in [0.5, 0.6) is 0 Å². The van der Waals surface area contributed by atoms with Crippen LogP contribution in [-0.2, 0) is 5.88 Å². The number of anilines is 1. The molecule has 1 aromatic heterocycles. The number of hydrogen-bond acceptors (Lipinski definition) is 3. The van der Waals surface area contributed by atoms with E-state index in [1.54, 1.807) is 0 Å². The van der Waals surface area contributed by atoms with E-state index in [0.717, 1.165) is 24.5 Å². The van der Waals surface area contributed by atoms with E-state index in [-0.39, 0.29) is 0 Å². The minimum absolute atomic E-state index is 0.337. The molecule has 1 heterocycles. The highest BCUT2D eigenvalue weighted by Crippen LogP contribution is 2.25. The summed E-state index contributed by atoms with van der Waals surface area (Å²) in [6.45, 7) is 8.26. The Kier molecular flexibility index (Phi) is 5.29. The number of alkyl halides is 1. The highest BCUT2D eigenvalue weighted by atomic mass is 35.5. The maximum atomic E-state index is 6.00. The predicted octanol–water partition coefficient (Wildman–Crippen LogP) is 3.35. The van der Waals surface area contributed by atoms with Gasteiger partial charge in [0.1, 0.15) is 17.3 Å². The van der Waals surface area contributed by atoms with Crippen molar-refractivity contribution in [3.05, 3.63) is 17.0 Å². The van der Waals surface area contributed by atoms with Crippen molar-refractivity contribution < 1.29 is 0 Å². The summed E-state index contributed by atoms with van der Waals surface area (Å²) < 4.78 is 0. The van der Waals surface area contributed by atoms with Crippen LogP contribution in [0.25, 0.3) is 0 Å². The van der Waals surface area contributed by atoms with Crippen molar-refractivity contribution in [1.82, 2.24) is 9.97 Å². The fourth-order valence-electron chi connectivity index (χ4n) is 1.58. The zero-order chi connectivity index (χ0) is 12.1. The van der Waals surface area contributed by atoms with Crippen molar-refractivity contribution in [2.24, 2.45) is 5.92 Å². The van der Waals surface area contributed by atoms with Gasteiger partial charge < -0.3 is 4.90 Å². The minimum Gasteiger partial charge on any atom is -0.356 e. The maximum absolute atomic E-state index is 6.00. The number of nitrogens with zero attached hydrogens (tertiary/aromatic N) is 3. The van der Waals surface area contributed by atoms with Gasteiger partial charge in [-0.3, -0.25) is 0 Å². The largest absolute Gasteiger partial charge is 0.356 e. The van der Waals surface area contributed by atoms with E-state index in [0.29, 0.717) is 17.0 Å². The van der Waals surface area contributed by atoms with E-state index < -0.39 is 0 Å². The van der Waals surface area contributed by atoms with Gasteiger partial charge in [0.25, 0.3) is 0 Å². The van der Waals surface area contributed by atoms with Gasteiger partial charge in [0.05, 0.1) is 5.88 Å². The molecular weight excluding hydrogens is 245 g/mol. The van der Waals surface area contributed by atoms with Crippen LogP contribution in [0, 0.1) is 5.92 Å². The van der Waals surface area contributed by atoms with Gasteiger partial charge in [0.2, 0.25) is 0 Å². The van der Waals surface area contributed by atoms with Gasteiger partial charge in [0, 0.05) is 18.7 Å². The highest BCUT2D eigenvalue weighted by Gasteiger charge is 2.15. The summed E-state index contributed by atoms with van der Waals surface area (Å²) in [5, 5.41) is 0.446. The van der Waals surface area contributed by atoms with Gasteiger partial charge in [-0.25, -0.2) is 9.97 Å². The smallest absolute Gasteiger partial charge is 0.138 e. The van der Waals surface area contributed by atoms with Gasteiger partial charge in [-0.1, -0.05) is 25.4 Å². The lowest BCUT2D eigenvalue weighted by atomic mass is 10.2.